The lowest BCUT2D eigenvalue weighted by molar-refractivity contribution is -0.144. The number of ketones is 1. The summed E-state index contributed by atoms with van der Waals surface area (Å²) in [6, 6.07) is 5.38. The van der Waals surface area contributed by atoms with Gasteiger partial charge in [0.2, 0.25) is 17.7 Å². The highest BCUT2D eigenvalue weighted by Crippen LogP contribution is 2.46. The lowest BCUT2D eigenvalue weighted by Gasteiger charge is -2.33. The van der Waals surface area contributed by atoms with E-state index in [2.05, 4.69) is 21.6 Å². The number of pyridine rings is 1. The molecule has 40 heavy (non-hydrogen) atoms. The number of hydrogen-bond donors (Lipinski definition) is 1. The molecule has 1 saturated carbocycles. The summed E-state index contributed by atoms with van der Waals surface area (Å²) in [5.41, 5.74) is -1.34. The maximum Gasteiger partial charge on any atom is 0.387 e. The Morgan fingerprint density at radius 1 is 1.25 bits per heavy atom. The van der Waals surface area contributed by atoms with E-state index in [1.807, 2.05) is 27.7 Å². The lowest BCUT2D eigenvalue weighted by atomic mass is 9.81. The topological polar surface area (TPSA) is 97.8 Å². The molecule has 216 valence electrons. The molecule has 0 spiro atoms. The van der Waals surface area contributed by atoms with Crippen LogP contribution in [0.5, 0.6) is 11.6 Å². The second-order valence-electron chi connectivity index (χ2n) is 11.7. The number of rotatable bonds is 10. The molecule has 10 heteroatoms. The Hall–Kier alpha value is -3.56. The molecule has 1 aliphatic carbocycles. The first-order chi connectivity index (χ1) is 18.8. The third kappa shape index (κ3) is 5.67. The Morgan fingerprint density at radius 2 is 1.98 bits per heavy atom. The standard InChI is InChI=1S/C30H37F2N3O5/c1-7-18-15-30(18,24(36)8-2)34-25(37)22-14-19(16-35(22)27(38)17(3)29(4,5)6)39-26-21-10-9-11-23(40-28(31)32)20(21)12-13-33-26/h7,9-13,17-19,22,28H,1,8,14-16H2,2-6H3,(H,34,37)/t17-,18-,19-,22+,30-/m1/s1. The first kappa shape index (κ1) is 29.4. The highest BCUT2D eigenvalue weighted by atomic mass is 19.3. The number of hydrogen-bond acceptors (Lipinski definition) is 6. The third-order valence-corrected chi connectivity index (χ3v) is 8.21. The van der Waals surface area contributed by atoms with E-state index in [9.17, 15) is 23.2 Å². The molecule has 2 aromatic rings. The van der Waals surface area contributed by atoms with Crippen LogP contribution in [0, 0.1) is 17.3 Å². The van der Waals surface area contributed by atoms with Gasteiger partial charge in [0.25, 0.3) is 0 Å². The summed E-state index contributed by atoms with van der Waals surface area (Å²) in [6.45, 7) is 10.4. The zero-order valence-corrected chi connectivity index (χ0v) is 23.6. The van der Waals surface area contributed by atoms with Gasteiger partial charge < -0.3 is 19.7 Å². The fraction of sp³-hybridized carbons (Fsp3) is 0.533. The molecular formula is C30H37F2N3O5. The number of fused-ring (bicyclic) bond motifs is 1. The molecule has 0 unspecified atom stereocenters. The van der Waals surface area contributed by atoms with E-state index >= 15 is 0 Å². The van der Waals surface area contributed by atoms with E-state index in [0.717, 1.165) is 0 Å². The Morgan fingerprint density at radius 3 is 2.58 bits per heavy atom. The maximum absolute atomic E-state index is 13.7. The van der Waals surface area contributed by atoms with Crippen LogP contribution in [-0.4, -0.2) is 58.3 Å². The molecular weight excluding hydrogens is 520 g/mol. The van der Waals surface area contributed by atoms with Crippen molar-refractivity contribution in [2.24, 2.45) is 17.3 Å². The van der Waals surface area contributed by atoms with Gasteiger partial charge in [0.05, 0.1) is 6.54 Å². The number of nitrogens with one attached hydrogen (secondary N) is 1. The van der Waals surface area contributed by atoms with Crippen molar-refractivity contribution in [1.29, 1.82) is 0 Å². The monoisotopic (exact) mass is 557 g/mol. The fourth-order valence-electron chi connectivity index (χ4n) is 5.32. The smallest absolute Gasteiger partial charge is 0.387 e. The molecule has 2 fully saturated rings. The van der Waals surface area contributed by atoms with Gasteiger partial charge in [-0.05, 0) is 30.0 Å². The summed E-state index contributed by atoms with van der Waals surface area (Å²) in [4.78, 5) is 45.9. The molecule has 0 radical (unpaired) electrons. The number of aromatic nitrogens is 1. The number of likely N-dealkylation sites (tertiary alicyclic amines) is 1. The van der Waals surface area contributed by atoms with Crippen LogP contribution in [0.1, 0.15) is 53.9 Å². The minimum atomic E-state index is -2.99. The first-order valence-corrected chi connectivity index (χ1v) is 13.6. The van der Waals surface area contributed by atoms with Crippen molar-refractivity contribution in [3.8, 4) is 11.6 Å². The number of ether oxygens (including phenoxy) is 2. The average molecular weight is 558 g/mol. The summed E-state index contributed by atoms with van der Waals surface area (Å²) in [7, 11) is 0. The number of benzene rings is 1. The van der Waals surface area contributed by atoms with Crippen LogP contribution < -0.4 is 14.8 Å². The van der Waals surface area contributed by atoms with Crippen molar-refractivity contribution in [2.45, 2.75) is 78.2 Å². The Kier molecular flexibility index (Phi) is 8.19. The van der Waals surface area contributed by atoms with Crippen molar-refractivity contribution in [3.63, 3.8) is 0 Å². The van der Waals surface area contributed by atoms with Gasteiger partial charge in [0.1, 0.15) is 23.4 Å². The lowest BCUT2D eigenvalue weighted by Crippen LogP contribution is -2.54. The molecule has 5 atom stereocenters. The first-order valence-electron chi connectivity index (χ1n) is 13.6. The Bertz CT molecular complexity index is 1310. The third-order valence-electron chi connectivity index (χ3n) is 8.21. The normalized spacial score (nSPS) is 25.0. The SMILES string of the molecule is C=C[C@@H]1C[C@]1(NC(=O)[C@@H]1C[C@@H](Oc2nccc3c(OC(F)F)cccc23)CN1C(=O)[C@@H](C)C(C)(C)C)C(=O)CC. The zero-order valence-electron chi connectivity index (χ0n) is 23.6. The number of halogens is 2. The van der Waals surface area contributed by atoms with E-state index in [4.69, 9.17) is 4.74 Å². The van der Waals surface area contributed by atoms with Gasteiger partial charge in [-0.1, -0.05) is 46.8 Å². The van der Waals surface area contributed by atoms with Crippen LogP contribution in [0.4, 0.5) is 8.78 Å². The van der Waals surface area contributed by atoms with Gasteiger partial charge in [-0.3, -0.25) is 14.4 Å². The molecule has 8 nitrogen and oxygen atoms in total. The van der Waals surface area contributed by atoms with Crippen LogP contribution in [-0.2, 0) is 14.4 Å². The minimum Gasteiger partial charge on any atom is -0.472 e. The number of alkyl halides is 2. The van der Waals surface area contributed by atoms with Crippen LogP contribution in [0.3, 0.4) is 0 Å². The molecule has 1 aromatic carbocycles. The molecule has 1 N–H and O–H groups in total. The van der Waals surface area contributed by atoms with E-state index in [1.54, 1.807) is 31.2 Å². The minimum absolute atomic E-state index is 0.00803. The van der Waals surface area contributed by atoms with Gasteiger partial charge in [0.15, 0.2) is 5.78 Å². The van der Waals surface area contributed by atoms with E-state index in [1.165, 1.54) is 17.2 Å². The second-order valence-corrected chi connectivity index (χ2v) is 11.7. The van der Waals surface area contributed by atoms with Crippen LogP contribution in [0.15, 0.2) is 43.1 Å². The second kappa shape index (κ2) is 11.1. The van der Waals surface area contributed by atoms with Gasteiger partial charge >= 0.3 is 6.61 Å². The maximum atomic E-state index is 13.7. The molecule has 1 saturated heterocycles. The van der Waals surface area contributed by atoms with Crippen LogP contribution in [0.2, 0.25) is 0 Å². The van der Waals surface area contributed by atoms with Crippen LogP contribution >= 0.6 is 0 Å². The summed E-state index contributed by atoms with van der Waals surface area (Å²) >= 11 is 0. The molecule has 2 heterocycles. The van der Waals surface area contributed by atoms with Crippen LogP contribution in [0.25, 0.3) is 10.8 Å². The molecule has 2 amide bonds. The predicted octanol–water partition coefficient (Wildman–Crippen LogP) is 4.91. The number of carbonyl (C=O) groups excluding carboxylic acids is 3. The highest BCUT2D eigenvalue weighted by molar-refractivity contribution is 5.99. The highest BCUT2D eigenvalue weighted by Gasteiger charge is 2.59. The van der Waals surface area contributed by atoms with Crippen molar-refractivity contribution >= 4 is 28.4 Å². The largest absolute Gasteiger partial charge is 0.472 e. The summed E-state index contributed by atoms with van der Waals surface area (Å²) in [5, 5.41) is 3.82. The Labute approximate surface area is 233 Å². The number of amides is 2. The zero-order chi connectivity index (χ0) is 29.4. The summed E-state index contributed by atoms with van der Waals surface area (Å²) < 4.78 is 36.7. The van der Waals surface area contributed by atoms with Gasteiger partial charge in [-0.2, -0.15) is 8.78 Å². The molecule has 1 aliphatic heterocycles. The predicted molar refractivity (Wildman–Crippen MR) is 146 cm³/mol. The molecule has 4 rings (SSSR count). The quantitative estimate of drug-likeness (QED) is 0.417. The van der Waals surface area contributed by atoms with E-state index < -0.39 is 30.2 Å². The molecule has 2 aliphatic rings. The number of Topliss-reactive ketones (excluding diaryl/α,β-unsaturated/α-hetero) is 1. The summed E-state index contributed by atoms with van der Waals surface area (Å²) in [5.74, 6) is -1.04. The van der Waals surface area contributed by atoms with E-state index in [0.29, 0.717) is 17.2 Å². The van der Waals surface area contributed by atoms with Crippen molar-refractivity contribution in [1.82, 2.24) is 15.2 Å². The fourth-order valence-corrected chi connectivity index (χ4v) is 5.32. The van der Waals surface area contributed by atoms with E-state index in [-0.39, 0.29) is 60.0 Å². The average Bonchev–Trinajstić information content (AvgIpc) is 3.46. The van der Waals surface area contributed by atoms with Gasteiger partial charge in [0, 0.05) is 41.6 Å². The van der Waals surface area contributed by atoms with Crippen molar-refractivity contribution in [2.75, 3.05) is 6.54 Å². The number of nitrogens with zero attached hydrogens (tertiary/aromatic N) is 2. The summed E-state index contributed by atoms with van der Waals surface area (Å²) in [6.07, 6.45) is 3.44. The van der Waals surface area contributed by atoms with Gasteiger partial charge in [-0.15, -0.1) is 6.58 Å². The van der Waals surface area contributed by atoms with Gasteiger partial charge in [-0.25, -0.2) is 4.98 Å². The number of carbonyl (C=O) groups is 3. The van der Waals surface area contributed by atoms with Crippen molar-refractivity contribution < 1.29 is 32.6 Å². The molecule has 0 bridgehead atoms. The van der Waals surface area contributed by atoms with Crippen molar-refractivity contribution in [3.05, 3.63) is 43.1 Å². The Balaban J connectivity index is 1.62. The molecule has 1 aromatic heterocycles.